The number of aliphatic hydroxyl groups is 2. The number of alkyl halides is 1. The van der Waals surface area contributed by atoms with Crippen molar-refractivity contribution in [3.63, 3.8) is 0 Å². The van der Waals surface area contributed by atoms with E-state index in [1.165, 1.54) is 0 Å². The molecule has 5 atom stereocenters. The SMILES string of the molecule is C1COCCN1.CCCCCC(O)c1ccc([C@@H]2[C@@H](C/C=C\CCCC(=O)O)[C@H](Cl)C[C@@H]2O)cc1. The van der Waals surface area contributed by atoms with Crippen LogP contribution in [-0.4, -0.2) is 59.1 Å². The van der Waals surface area contributed by atoms with Crippen LogP contribution in [0.3, 0.4) is 0 Å². The van der Waals surface area contributed by atoms with Crippen LogP contribution in [-0.2, 0) is 9.53 Å². The minimum absolute atomic E-state index is 0.0209. The molecule has 1 aliphatic heterocycles. The zero-order valence-corrected chi connectivity index (χ0v) is 21.8. The number of hydrogen-bond acceptors (Lipinski definition) is 5. The molecule has 0 radical (unpaired) electrons. The highest BCUT2D eigenvalue weighted by Gasteiger charge is 2.41. The van der Waals surface area contributed by atoms with Gasteiger partial charge >= 0.3 is 5.97 Å². The van der Waals surface area contributed by atoms with Crippen LogP contribution in [0, 0.1) is 5.92 Å². The minimum atomic E-state index is -0.767. The molecule has 1 heterocycles. The number of hydrogen-bond donors (Lipinski definition) is 4. The number of rotatable bonds is 12. The van der Waals surface area contributed by atoms with Gasteiger partial charge in [-0.2, -0.15) is 0 Å². The smallest absolute Gasteiger partial charge is 0.303 e. The summed E-state index contributed by atoms with van der Waals surface area (Å²) in [6.07, 6.45) is 10.2. The molecule has 1 saturated carbocycles. The maximum Gasteiger partial charge on any atom is 0.303 e. The molecular weight excluding hydrogens is 466 g/mol. The Balaban J connectivity index is 0.000000625. The number of nitrogens with one attached hydrogen (secondary N) is 1. The van der Waals surface area contributed by atoms with Crippen LogP contribution in [0.25, 0.3) is 0 Å². The number of unbranched alkanes of at least 4 members (excludes halogenated alkanes) is 3. The van der Waals surface area contributed by atoms with Gasteiger partial charge in [-0.15, -0.1) is 11.6 Å². The first kappa shape index (κ1) is 29.8. The van der Waals surface area contributed by atoms with Crippen molar-refractivity contribution < 1.29 is 24.9 Å². The van der Waals surface area contributed by atoms with Gasteiger partial charge in [-0.25, -0.2) is 0 Å². The minimum Gasteiger partial charge on any atom is -0.481 e. The molecular formula is C28H44ClNO5. The lowest BCUT2D eigenvalue weighted by atomic mass is 9.84. The molecule has 1 unspecified atom stereocenters. The topological polar surface area (TPSA) is 99.0 Å². The summed E-state index contributed by atoms with van der Waals surface area (Å²) in [6.45, 7) is 5.99. The molecule has 2 aliphatic rings. The van der Waals surface area contributed by atoms with Crippen molar-refractivity contribution >= 4 is 17.6 Å². The average Bonchev–Trinajstić information content (AvgIpc) is 3.15. The van der Waals surface area contributed by atoms with E-state index in [1.807, 2.05) is 30.3 Å². The Kier molecular flexibility index (Phi) is 14.5. The van der Waals surface area contributed by atoms with E-state index >= 15 is 0 Å². The fraction of sp³-hybridized carbons (Fsp3) is 0.679. The van der Waals surface area contributed by atoms with Gasteiger partial charge in [-0.05, 0) is 49.1 Å². The molecule has 0 spiro atoms. The molecule has 4 N–H and O–H groups in total. The van der Waals surface area contributed by atoms with Crippen LogP contribution in [0.4, 0.5) is 0 Å². The number of halogens is 1. The van der Waals surface area contributed by atoms with Crippen molar-refractivity contribution in [1.82, 2.24) is 5.32 Å². The second-order valence-electron chi connectivity index (χ2n) is 9.54. The fourth-order valence-electron chi connectivity index (χ4n) is 4.78. The van der Waals surface area contributed by atoms with Gasteiger partial charge in [0.2, 0.25) is 0 Å². The third-order valence-electron chi connectivity index (χ3n) is 6.78. The van der Waals surface area contributed by atoms with Gasteiger partial charge in [0.15, 0.2) is 0 Å². The van der Waals surface area contributed by atoms with Crippen LogP contribution < -0.4 is 5.32 Å². The molecule has 2 fully saturated rings. The van der Waals surface area contributed by atoms with Crippen LogP contribution in [0.1, 0.15) is 87.9 Å². The Morgan fingerprint density at radius 2 is 1.89 bits per heavy atom. The molecule has 1 aromatic rings. The number of ether oxygens (including phenoxy) is 1. The Morgan fingerprint density at radius 3 is 2.46 bits per heavy atom. The normalized spacial score (nSPS) is 25.3. The van der Waals surface area contributed by atoms with Gasteiger partial charge in [0.25, 0.3) is 0 Å². The highest BCUT2D eigenvalue weighted by Crippen LogP contribution is 2.45. The Morgan fingerprint density at radius 1 is 1.17 bits per heavy atom. The first-order valence-corrected chi connectivity index (χ1v) is 13.6. The predicted molar refractivity (Wildman–Crippen MR) is 141 cm³/mol. The third kappa shape index (κ3) is 11.0. The number of aliphatic carboxylic acids is 1. The lowest BCUT2D eigenvalue weighted by Gasteiger charge is -2.23. The highest BCUT2D eigenvalue weighted by atomic mass is 35.5. The van der Waals surface area contributed by atoms with E-state index in [4.69, 9.17) is 21.4 Å². The van der Waals surface area contributed by atoms with Gasteiger partial charge in [-0.3, -0.25) is 4.79 Å². The zero-order valence-electron chi connectivity index (χ0n) is 21.1. The summed E-state index contributed by atoms with van der Waals surface area (Å²) in [4.78, 5) is 10.6. The summed E-state index contributed by atoms with van der Waals surface area (Å²) in [5.41, 5.74) is 1.99. The largest absolute Gasteiger partial charge is 0.481 e. The summed E-state index contributed by atoms with van der Waals surface area (Å²) >= 11 is 6.54. The van der Waals surface area contributed by atoms with Gasteiger partial charge in [-0.1, -0.05) is 62.6 Å². The molecule has 35 heavy (non-hydrogen) atoms. The summed E-state index contributed by atoms with van der Waals surface area (Å²) in [5, 5.41) is 32.7. The van der Waals surface area contributed by atoms with Crippen molar-refractivity contribution in [2.45, 2.75) is 88.2 Å². The number of allylic oxidation sites excluding steroid dienone is 2. The maximum atomic E-state index is 10.6. The summed E-state index contributed by atoms with van der Waals surface area (Å²) < 4.78 is 5.01. The van der Waals surface area contributed by atoms with E-state index in [9.17, 15) is 15.0 Å². The van der Waals surface area contributed by atoms with Gasteiger partial charge in [0.1, 0.15) is 0 Å². The second-order valence-corrected chi connectivity index (χ2v) is 10.1. The summed E-state index contributed by atoms with van der Waals surface area (Å²) in [5.74, 6) is -0.646. The highest BCUT2D eigenvalue weighted by molar-refractivity contribution is 6.21. The van der Waals surface area contributed by atoms with Crippen molar-refractivity contribution in [3.8, 4) is 0 Å². The van der Waals surface area contributed by atoms with Gasteiger partial charge in [0.05, 0.1) is 25.4 Å². The van der Waals surface area contributed by atoms with Crippen LogP contribution >= 0.6 is 11.6 Å². The Labute approximate surface area is 215 Å². The Hall–Kier alpha value is -1.44. The van der Waals surface area contributed by atoms with Crippen molar-refractivity contribution in [2.24, 2.45) is 5.92 Å². The fourth-order valence-corrected chi connectivity index (χ4v) is 5.22. The molecule has 0 bridgehead atoms. The quantitative estimate of drug-likeness (QED) is 0.176. The third-order valence-corrected chi connectivity index (χ3v) is 7.28. The van der Waals surface area contributed by atoms with Gasteiger partial charge in [0, 0.05) is 30.8 Å². The molecule has 0 aromatic heterocycles. The number of carbonyl (C=O) groups is 1. The predicted octanol–water partition coefficient (Wildman–Crippen LogP) is 5.18. The van der Waals surface area contributed by atoms with Crippen LogP contribution in [0.15, 0.2) is 36.4 Å². The average molecular weight is 510 g/mol. The number of carboxylic acids is 1. The first-order chi connectivity index (χ1) is 16.9. The van der Waals surface area contributed by atoms with E-state index in [2.05, 4.69) is 18.3 Å². The lowest BCUT2D eigenvalue weighted by molar-refractivity contribution is -0.137. The number of carboxylic acid groups (broad SMARTS) is 1. The van der Waals surface area contributed by atoms with Gasteiger partial charge < -0.3 is 25.4 Å². The standard InChI is InChI=1S/C24H35ClO4.C4H9NO/c1-2-3-6-10-21(26)17-12-14-18(15-13-17)24-19(20(25)16-22(24)27)9-7-4-5-8-11-23(28)29;1-3-6-4-2-5-1/h4,7,12-15,19-22,24,26-27H,2-3,5-6,8-11,16H2,1H3,(H,28,29);5H,1-4H2/b7-4-;/t19-,20+,21?,22-,24+;/m0./s1. The lowest BCUT2D eigenvalue weighted by Crippen LogP contribution is -2.30. The molecule has 3 rings (SSSR count). The maximum absolute atomic E-state index is 10.6. The van der Waals surface area contributed by atoms with E-state index in [1.54, 1.807) is 0 Å². The monoisotopic (exact) mass is 509 g/mol. The number of aliphatic hydroxyl groups excluding tert-OH is 2. The first-order valence-electron chi connectivity index (χ1n) is 13.2. The van der Waals surface area contributed by atoms with E-state index in [0.717, 1.165) is 76.0 Å². The summed E-state index contributed by atoms with van der Waals surface area (Å²) in [7, 11) is 0. The number of benzene rings is 1. The molecule has 7 heteroatoms. The summed E-state index contributed by atoms with van der Waals surface area (Å²) in [6, 6.07) is 7.98. The van der Waals surface area contributed by atoms with Crippen molar-refractivity contribution in [3.05, 3.63) is 47.5 Å². The molecule has 1 aromatic carbocycles. The van der Waals surface area contributed by atoms with Crippen molar-refractivity contribution in [2.75, 3.05) is 26.3 Å². The second kappa shape index (κ2) is 17.1. The molecule has 1 aliphatic carbocycles. The van der Waals surface area contributed by atoms with E-state index in [-0.39, 0.29) is 23.6 Å². The molecule has 1 saturated heterocycles. The van der Waals surface area contributed by atoms with Crippen LogP contribution in [0.5, 0.6) is 0 Å². The van der Waals surface area contributed by atoms with E-state index in [0.29, 0.717) is 12.8 Å². The molecule has 0 amide bonds. The van der Waals surface area contributed by atoms with E-state index < -0.39 is 18.2 Å². The Bertz CT molecular complexity index is 726. The zero-order chi connectivity index (χ0) is 25.5. The van der Waals surface area contributed by atoms with Crippen LogP contribution in [0.2, 0.25) is 0 Å². The molecule has 6 nitrogen and oxygen atoms in total. The molecule has 198 valence electrons. The van der Waals surface area contributed by atoms with Crippen molar-refractivity contribution in [1.29, 1.82) is 0 Å². The number of morpholine rings is 1.